The van der Waals surface area contributed by atoms with E-state index in [1.54, 1.807) is 40.1 Å². The van der Waals surface area contributed by atoms with Gasteiger partial charge >= 0.3 is 24.1 Å². The molecule has 1 spiro atoms. The highest BCUT2D eigenvalue weighted by molar-refractivity contribution is 6.06. The number of amides is 5. The fraction of sp³-hybridized carbons (Fsp3) is 0.526. The van der Waals surface area contributed by atoms with Crippen LogP contribution in [0, 0.1) is 5.82 Å². The molecule has 2 aromatic rings. The number of imide groups is 1. The lowest BCUT2D eigenvalue weighted by Crippen LogP contribution is -2.58. The molecule has 1 atom stereocenters. The van der Waals surface area contributed by atoms with Gasteiger partial charge in [0.05, 0.1) is 26.3 Å². The van der Waals surface area contributed by atoms with Crippen molar-refractivity contribution in [1.82, 2.24) is 20.0 Å². The molecule has 2 N–H and O–H groups in total. The van der Waals surface area contributed by atoms with Crippen LogP contribution in [0.25, 0.3) is 0 Å². The van der Waals surface area contributed by atoms with E-state index >= 15 is 0 Å². The number of esters is 2. The maximum atomic E-state index is 14.1. The number of benzene rings is 2. The lowest BCUT2D eigenvalue weighted by Gasteiger charge is -2.47. The van der Waals surface area contributed by atoms with Gasteiger partial charge in [0.15, 0.2) is 0 Å². The summed E-state index contributed by atoms with van der Waals surface area (Å²) in [4.78, 5) is 82.6. The van der Waals surface area contributed by atoms with Gasteiger partial charge in [-0.15, -0.1) is 0 Å². The molecule has 5 amide bonds. The Hall–Kier alpha value is -5.05. The van der Waals surface area contributed by atoms with Crippen LogP contribution in [0.4, 0.5) is 19.7 Å². The summed E-state index contributed by atoms with van der Waals surface area (Å²) < 4.78 is 30.3. The molecule has 1 saturated carbocycles. The van der Waals surface area contributed by atoms with E-state index in [1.807, 2.05) is 13.8 Å². The van der Waals surface area contributed by atoms with Gasteiger partial charge in [0.1, 0.15) is 12.4 Å². The molecular formula is C38H48FN5O9. The second-order valence-corrected chi connectivity index (χ2v) is 13.6. The standard InChI is InChI=1S/C38H48FN5O9/c1-4-6-16-51-33(46)23-42(24-34(47)52-17-7-5-2)29-19-30(20-29)43(21-25-8-10-27(39)11-9-25)32(45)22-44-35(48)38(53-37(44)50)15-14-26-18-28(12-13-31(26)38)41-36(49)40-3/h8-13,18,29-30H,4-7,14-17,19-24H2,1-3H3,(H2,40,41,49). The maximum absolute atomic E-state index is 14.1. The summed E-state index contributed by atoms with van der Waals surface area (Å²) in [7, 11) is 1.49. The number of rotatable bonds is 17. The number of carbonyl (C=O) groups is 6. The van der Waals surface area contributed by atoms with Gasteiger partial charge in [-0.2, -0.15) is 0 Å². The fourth-order valence-corrected chi connectivity index (χ4v) is 6.87. The molecule has 1 aliphatic heterocycles. The van der Waals surface area contributed by atoms with Gasteiger partial charge in [-0.25, -0.2) is 18.9 Å². The maximum Gasteiger partial charge on any atom is 0.418 e. The molecule has 1 unspecified atom stereocenters. The Kier molecular flexibility index (Phi) is 13.0. The summed E-state index contributed by atoms with van der Waals surface area (Å²) in [6, 6.07) is 9.63. The van der Waals surface area contributed by atoms with Crippen LogP contribution in [0.3, 0.4) is 0 Å². The number of hydrogen-bond acceptors (Lipinski definition) is 10. The number of urea groups is 1. The number of aryl methyl sites for hydroxylation is 1. The number of fused-ring (bicyclic) bond motifs is 2. The molecule has 1 saturated heterocycles. The van der Waals surface area contributed by atoms with E-state index in [9.17, 15) is 33.2 Å². The van der Waals surface area contributed by atoms with Gasteiger partial charge in [-0.1, -0.05) is 44.9 Å². The summed E-state index contributed by atoms with van der Waals surface area (Å²) in [5.41, 5.74) is 0.801. The first-order valence-corrected chi connectivity index (χ1v) is 18.2. The zero-order valence-electron chi connectivity index (χ0n) is 30.5. The Morgan fingerprint density at radius 3 is 2.19 bits per heavy atom. The highest BCUT2D eigenvalue weighted by Crippen LogP contribution is 2.46. The molecule has 2 fully saturated rings. The Morgan fingerprint density at radius 2 is 1.58 bits per heavy atom. The lowest BCUT2D eigenvalue weighted by atomic mass is 9.83. The molecule has 2 aromatic carbocycles. The van der Waals surface area contributed by atoms with Crippen molar-refractivity contribution in [2.45, 2.75) is 89.4 Å². The van der Waals surface area contributed by atoms with Crippen LogP contribution < -0.4 is 10.6 Å². The predicted octanol–water partition coefficient (Wildman–Crippen LogP) is 4.25. The average molecular weight is 738 g/mol. The second kappa shape index (κ2) is 17.6. The Labute approximate surface area is 308 Å². The average Bonchev–Trinajstić information content (AvgIpc) is 3.59. The van der Waals surface area contributed by atoms with E-state index in [-0.39, 0.29) is 51.4 Å². The van der Waals surface area contributed by atoms with E-state index in [2.05, 4.69) is 10.6 Å². The van der Waals surface area contributed by atoms with Crippen LogP contribution in [-0.4, -0.2) is 103 Å². The molecule has 2 aliphatic carbocycles. The van der Waals surface area contributed by atoms with Gasteiger partial charge in [0.25, 0.3) is 5.91 Å². The van der Waals surface area contributed by atoms with Gasteiger partial charge in [-0.3, -0.25) is 24.1 Å². The number of halogens is 1. The van der Waals surface area contributed by atoms with Crippen molar-refractivity contribution in [3.05, 3.63) is 65.0 Å². The molecule has 286 valence electrons. The molecule has 5 rings (SSSR count). The van der Waals surface area contributed by atoms with Crippen molar-refractivity contribution in [3.63, 3.8) is 0 Å². The summed E-state index contributed by atoms with van der Waals surface area (Å²) in [5.74, 6) is -2.53. The van der Waals surface area contributed by atoms with E-state index in [0.29, 0.717) is 36.1 Å². The smallest absolute Gasteiger partial charge is 0.418 e. The normalized spacial score (nSPS) is 20.1. The van der Waals surface area contributed by atoms with Crippen LogP contribution in [0.15, 0.2) is 42.5 Å². The third-order valence-corrected chi connectivity index (χ3v) is 9.96. The predicted molar refractivity (Wildman–Crippen MR) is 190 cm³/mol. The topological polar surface area (TPSA) is 164 Å². The fourth-order valence-electron chi connectivity index (χ4n) is 6.87. The summed E-state index contributed by atoms with van der Waals surface area (Å²) in [5, 5.41) is 5.16. The largest absolute Gasteiger partial charge is 0.465 e. The zero-order valence-corrected chi connectivity index (χ0v) is 30.5. The molecule has 14 nitrogen and oxygen atoms in total. The Morgan fingerprint density at radius 1 is 0.943 bits per heavy atom. The minimum absolute atomic E-state index is 0.0702. The van der Waals surface area contributed by atoms with E-state index in [1.165, 1.54) is 19.2 Å². The summed E-state index contributed by atoms with van der Waals surface area (Å²) in [6.45, 7) is 3.76. The second-order valence-electron chi connectivity index (χ2n) is 13.6. The van der Waals surface area contributed by atoms with E-state index in [0.717, 1.165) is 36.1 Å². The number of nitrogens with zero attached hydrogens (tertiary/aromatic N) is 3. The van der Waals surface area contributed by atoms with Crippen LogP contribution in [-0.2, 0) is 52.0 Å². The van der Waals surface area contributed by atoms with Crippen molar-refractivity contribution in [2.75, 3.05) is 45.2 Å². The van der Waals surface area contributed by atoms with Crippen molar-refractivity contribution in [2.24, 2.45) is 0 Å². The number of unbranched alkanes of at least 4 members (excludes halogenated alkanes) is 2. The van der Waals surface area contributed by atoms with Crippen molar-refractivity contribution in [1.29, 1.82) is 0 Å². The lowest BCUT2D eigenvalue weighted by molar-refractivity contribution is -0.153. The van der Waals surface area contributed by atoms with Crippen molar-refractivity contribution < 1.29 is 47.4 Å². The molecule has 15 heteroatoms. The molecule has 3 aliphatic rings. The van der Waals surface area contributed by atoms with Crippen LogP contribution in [0.2, 0.25) is 0 Å². The monoisotopic (exact) mass is 737 g/mol. The summed E-state index contributed by atoms with van der Waals surface area (Å²) in [6.07, 6.45) is 3.58. The number of anilines is 1. The van der Waals surface area contributed by atoms with E-state index < -0.39 is 53.8 Å². The molecule has 53 heavy (non-hydrogen) atoms. The first kappa shape index (κ1) is 39.2. The van der Waals surface area contributed by atoms with Crippen molar-refractivity contribution >= 4 is 41.6 Å². The van der Waals surface area contributed by atoms with Gasteiger partial charge in [-0.05, 0) is 67.5 Å². The van der Waals surface area contributed by atoms with E-state index in [4.69, 9.17) is 14.2 Å². The van der Waals surface area contributed by atoms with Gasteiger partial charge < -0.3 is 29.7 Å². The summed E-state index contributed by atoms with van der Waals surface area (Å²) >= 11 is 0. The molecular weight excluding hydrogens is 689 g/mol. The highest BCUT2D eigenvalue weighted by Gasteiger charge is 2.58. The molecule has 1 heterocycles. The number of carbonyl (C=O) groups excluding carboxylic acids is 6. The van der Waals surface area contributed by atoms with Gasteiger partial charge in [0.2, 0.25) is 11.5 Å². The Bertz CT molecular complexity index is 1660. The molecule has 0 aromatic heterocycles. The number of ether oxygens (including phenoxy) is 3. The third kappa shape index (κ3) is 9.31. The first-order chi connectivity index (χ1) is 25.5. The Balaban J connectivity index is 1.30. The van der Waals surface area contributed by atoms with Gasteiger partial charge in [0, 0.05) is 43.3 Å². The minimum Gasteiger partial charge on any atom is -0.465 e. The highest BCUT2D eigenvalue weighted by atomic mass is 19.1. The zero-order chi connectivity index (χ0) is 38.1. The van der Waals surface area contributed by atoms with Crippen LogP contribution in [0.5, 0.6) is 0 Å². The third-order valence-electron chi connectivity index (χ3n) is 9.96. The number of nitrogens with one attached hydrogen (secondary N) is 2. The quantitative estimate of drug-likeness (QED) is 0.136. The van der Waals surface area contributed by atoms with Crippen LogP contribution in [0.1, 0.15) is 75.5 Å². The molecule has 0 radical (unpaired) electrons. The minimum atomic E-state index is -1.58. The van der Waals surface area contributed by atoms with Crippen molar-refractivity contribution in [3.8, 4) is 0 Å². The van der Waals surface area contributed by atoms with Crippen LogP contribution >= 0.6 is 0 Å². The molecule has 0 bridgehead atoms. The number of hydrogen-bond donors (Lipinski definition) is 2. The SMILES string of the molecule is CCCCOC(=O)CN(CC(=O)OCCCC)C1CC(N(Cc2ccc(F)cc2)C(=O)CN2C(=O)OC3(CCc4cc(NC(=O)NC)ccc43)C2=O)C1. The first-order valence-electron chi connectivity index (χ1n) is 18.2.